The van der Waals surface area contributed by atoms with Crippen LogP contribution in [0.4, 0.5) is 5.69 Å². The second-order valence-corrected chi connectivity index (χ2v) is 6.77. The number of aliphatic imine (C=N–C) groups is 1. The van der Waals surface area contributed by atoms with E-state index in [2.05, 4.69) is 20.6 Å². The van der Waals surface area contributed by atoms with Crippen LogP contribution >= 0.6 is 0 Å². The van der Waals surface area contributed by atoms with Gasteiger partial charge in [0.05, 0.1) is 18.7 Å². The van der Waals surface area contributed by atoms with Crippen molar-refractivity contribution in [3.8, 4) is 0 Å². The molecular formula is C24H24N4O3. The summed E-state index contributed by atoms with van der Waals surface area (Å²) in [5, 5.41) is 5.93. The maximum absolute atomic E-state index is 12.7. The van der Waals surface area contributed by atoms with Crippen LogP contribution < -0.4 is 10.6 Å². The van der Waals surface area contributed by atoms with Gasteiger partial charge >= 0.3 is 5.97 Å². The highest BCUT2D eigenvalue weighted by atomic mass is 16.5. The van der Waals surface area contributed by atoms with E-state index in [4.69, 9.17) is 4.74 Å². The van der Waals surface area contributed by atoms with Crippen molar-refractivity contribution >= 4 is 23.5 Å². The van der Waals surface area contributed by atoms with Gasteiger partial charge in [-0.05, 0) is 61.9 Å². The number of guanidine groups is 1. The molecule has 0 aliphatic carbocycles. The van der Waals surface area contributed by atoms with Gasteiger partial charge in [0, 0.05) is 23.6 Å². The Morgan fingerprint density at radius 2 is 1.84 bits per heavy atom. The zero-order valence-electron chi connectivity index (χ0n) is 17.5. The third-order valence-corrected chi connectivity index (χ3v) is 4.31. The molecule has 0 saturated carbocycles. The largest absolute Gasteiger partial charge is 0.462 e. The maximum Gasteiger partial charge on any atom is 0.338 e. The Bertz CT molecular complexity index is 1060. The average Bonchev–Trinajstić information content (AvgIpc) is 2.79. The number of aryl methyl sites for hydroxylation is 1. The zero-order chi connectivity index (χ0) is 22.1. The van der Waals surface area contributed by atoms with Gasteiger partial charge in [0.15, 0.2) is 0 Å². The zero-order valence-corrected chi connectivity index (χ0v) is 17.5. The standard InChI is InChI=1S/C24H24N4O3/c1-3-31-23(30)19-9-11-21(12-10-19)27-24(26-16-18-7-5-13-25-15-18)28-22(29)20-8-4-6-17(2)14-20/h4-15H,3,16H2,1-2H3,(H2,26,27,28,29). The Morgan fingerprint density at radius 3 is 2.52 bits per heavy atom. The van der Waals surface area contributed by atoms with Crippen LogP contribution in [0.5, 0.6) is 0 Å². The van der Waals surface area contributed by atoms with E-state index in [-0.39, 0.29) is 11.9 Å². The SMILES string of the molecule is CCOC(=O)c1ccc(NC(=NCc2cccnc2)NC(=O)c2cccc(C)c2)cc1. The van der Waals surface area contributed by atoms with E-state index in [1.54, 1.807) is 49.6 Å². The number of amides is 1. The van der Waals surface area contributed by atoms with Gasteiger partial charge in [0.25, 0.3) is 5.91 Å². The summed E-state index contributed by atoms with van der Waals surface area (Å²) >= 11 is 0. The molecular weight excluding hydrogens is 392 g/mol. The molecule has 0 aliphatic rings. The minimum atomic E-state index is -0.382. The summed E-state index contributed by atoms with van der Waals surface area (Å²) < 4.78 is 5.00. The van der Waals surface area contributed by atoms with Crippen molar-refractivity contribution in [3.63, 3.8) is 0 Å². The number of hydrogen-bond donors (Lipinski definition) is 2. The summed E-state index contributed by atoms with van der Waals surface area (Å²) in [4.78, 5) is 33.1. The fourth-order valence-electron chi connectivity index (χ4n) is 2.78. The fourth-order valence-corrected chi connectivity index (χ4v) is 2.78. The Hall–Kier alpha value is -4.00. The van der Waals surface area contributed by atoms with E-state index in [0.717, 1.165) is 11.1 Å². The van der Waals surface area contributed by atoms with Crippen molar-refractivity contribution in [2.24, 2.45) is 4.99 Å². The van der Waals surface area contributed by atoms with Crippen molar-refractivity contribution in [2.75, 3.05) is 11.9 Å². The molecule has 158 valence electrons. The lowest BCUT2D eigenvalue weighted by Crippen LogP contribution is -2.36. The highest BCUT2D eigenvalue weighted by molar-refractivity contribution is 6.10. The lowest BCUT2D eigenvalue weighted by Gasteiger charge is -2.13. The van der Waals surface area contributed by atoms with E-state index in [9.17, 15) is 9.59 Å². The van der Waals surface area contributed by atoms with Crippen LogP contribution in [0.25, 0.3) is 0 Å². The molecule has 1 aromatic heterocycles. The van der Waals surface area contributed by atoms with Crippen LogP contribution in [0.2, 0.25) is 0 Å². The summed E-state index contributed by atoms with van der Waals surface area (Å²) in [6.45, 7) is 4.34. The van der Waals surface area contributed by atoms with Crippen molar-refractivity contribution in [1.82, 2.24) is 10.3 Å². The quantitative estimate of drug-likeness (QED) is 0.360. The monoisotopic (exact) mass is 416 g/mol. The van der Waals surface area contributed by atoms with Crippen molar-refractivity contribution in [3.05, 3.63) is 95.3 Å². The van der Waals surface area contributed by atoms with Gasteiger partial charge in [-0.1, -0.05) is 23.8 Å². The average molecular weight is 416 g/mol. The molecule has 2 N–H and O–H groups in total. The molecule has 7 nitrogen and oxygen atoms in total. The predicted octanol–water partition coefficient (Wildman–Crippen LogP) is 3.96. The minimum Gasteiger partial charge on any atom is -0.462 e. The number of anilines is 1. The Labute approximate surface area is 181 Å². The number of aromatic nitrogens is 1. The van der Waals surface area contributed by atoms with E-state index >= 15 is 0 Å². The summed E-state index contributed by atoms with van der Waals surface area (Å²) in [6, 6.07) is 17.8. The lowest BCUT2D eigenvalue weighted by molar-refractivity contribution is 0.0526. The van der Waals surface area contributed by atoms with Gasteiger partial charge in [-0.15, -0.1) is 0 Å². The summed E-state index contributed by atoms with van der Waals surface area (Å²) in [5.41, 5.74) is 3.55. The molecule has 7 heteroatoms. The molecule has 0 bridgehead atoms. The second kappa shape index (κ2) is 10.7. The molecule has 3 rings (SSSR count). The lowest BCUT2D eigenvalue weighted by atomic mass is 10.1. The summed E-state index contributed by atoms with van der Waals surface area (Å²) in [6.07, 6.45) is 3.41. The van der Waals surface area contributed by atoms with Crippen LogP contribution in [0, 0.1) is 6.92 Å². The number of benzene rings is 2. The summed E-state index contributed by atoms with van der Waals surface area (Å²) in [5.74, 6) is -0.365. The molecule has 2 aromatic carbocycles. The van der Waals surface area contributed by atoms with Gasteiger partial charge in [-0.25, -0.2) is 9.79 Å². The number of carbonyl (C=O) groups is 2. The number of nitrogens with one attached hydrogen (secondary N) is 2. The molecule has 0 aliphatic heterocycles. The van der Waals surface area contributed by atoms with Gasteiger partial charge < -0.3 is 10.1 Å². The smallest absolute Gasteiger partial charge is 0.338 e. The number of carbonyl (C=O) groups excluding carboxylic acids is 2. The molecule has 0 spiro atoms. The van der Waals surface area contributed by atoms with Crippen molar-refractivity contribution in [2.45, 2.75) is 20.4 Å². The molecule has 0 fully saturated rings. The van der Waals surface area contributed by atoms with Gasteiger partial charge in [-0.3, -0.25) is 15.1 Å². The Morgan fingerprint density at radius 1 is 1.03 bits per heavy atom. The molecule has 0 radical (unpaired) electrons. The van der Waals surface area contributed by atoms with Gasteiger partial charge in [-0.2, -0.15) is 0 Å². The molecule has 31 heavy (non-hydrogen) atoms. The minimum absolute atomic E-state index is 0.274. The highest BCUT2D eigenvalue weighted by Crippen LogP contribution is 2.11. The van der Waals surface area contributed by atoms with Crippen LogP contribution in [0.1, 0.15) is 38.8 Å². The van der Waals surface area contributed by atoms with Crippen LogP contribution in [-0.4, -0.2) is 29.4 Å². The Kier molecular flexibility index (Phi) is 7.48. The van der Waals surface area contributed by atoms with E-state index < -0.39 is 0 Å². The van der Waals surface area contributed by atoms with E-state index in [0.29, 0.717) is 35.9 Å². The fraction of sp³-hybridized carbons (Fsp3) is 0.167. The first kappa shape index (κ1) is 21.7. The molecule has 0 atom stereocenters. The first-order valence-corrected chi connectivity index (χ1v) is 9.90. The predicted molar refractivity (Wildman–Crippen MR) is 120 cm³/mol. The van der Waals surface area contributed by atoms with Crippen LogP contribution in [-0.2, 0) is 11.3 Å². The number of ether oxygens (including phenoxy) is 1. The number of pyridine rings is 1. The van der Waals surface area contributed by atoms with E-state index in [1.807, 2.05) is 37.3 Å². The molecule has 3 aromatic rings. The van der Waals surface area contributed by atoms with E-state index in [1.165, 1.54) is 0 Å². The molecule has 1 heterocycles. The third-order valence-electron chi connectivity index (χ3n) is 4.31. The first-order chi connectivity index (χ1) is 15.0. The molecule has 0 saturated heterocycles. The number of nitrogens with zero attached hydrogens (tertiary/aromatic N) is 2. The number of esters is 1. The number of hydrogen-bond acceptors (Lipinski definition) is 5. The third kappa shape index (κ3) is 6.50. The molecule has 1 amide bonds. The first-order valence-electron chi connectivity index (χ1n) is 9.90. The van der Waals surface area contributed by atoms with Gasteiger partial charge in [0.1, 0.15) is 0 Å². The van der Waals surface area contributed by atoms with Crippen molar-refractivity contribution in [1.29, 1.82) is 0 Å². The summed E-state index contributed by atoms with van der Waals surface area (Å²) in [7, 11) is 0. The van der Waals surface area contributed by atoms with Crippen molar-refractivity contribution < 1.29 is 14.3 Å². The van der Waals surface area contributed by atoms with Gasteiger partial charge in [0.2, 0.25) is 5.96 Å². The van der Waals surface area contributed by atoms with Crippen LogP contribution in [0.3, 0.4) is 0 Å². The Balaban J connectivity index is 1.78. The second-order valence-electron chi connectivity index (χ2n) is 6.77. The number of rotatable bonds is 6. The normalized spacial score (nSPS) is 11.0. The van der Waals surface area contributed by atoms with Crippen LogP contribution in [0.15, 0.2) is 78.0 Å². The highest BCUT2D eigenvalue weighted by Gasteiger charge is 2.11. The maximum atomic E-state index is 12.7. The topological polar surface area (TPSA) is 92.7 Å². The molecule has 0 unspecified atom stereocenters.